The van der Waals surface area contributed by atoms with Crippen LogP contribution >= 0.6 is 11.3 Å². The number of hydrogen-bond donors (Lipinski definition) is 2. The largest absolute Gasteiger partial charge is 0.276 e. The number of aryl methyl sites for hydroxylation is 3. The van der Waals surface area contributed by atoms with Gasteiger partial charge in [-0.15, -0.1) is 11.3 Å². The van der Waals surface area contributed by atoms with Gasteiger partial charge in [0.15, 0.2) is 0 Å². The predicted molar refractivity (Wildman–Crippen MR) is 82.6 cm³/mol. The van der Waals surface area contributed by atoms with Crippen molar-refractivity contribution in [2.75, 3.05) is 0 Å². The third-order valence-electron chi connectivity index (χ3n) is 4.30. The maximum Gasteiger partial charge on any atom is 0.0521 e. The average molecular weight is 290 g/mol. The van der Waals surface area contributed by atoms with Crippen LogP contribution in [0.2, 0.25) is 0 Å². The summed E-state index contributed by atoms with van der Waals surface area (Å²) in [6.45, 7) is 0. The Kier molecular flexibility index (Phi) is 4.19. The molecule has 0 saturated heterocycles. The molecule has 108 valence electrons. The second kappa shape index (κ2) is 6.08. The molecule has 0 radical (unpaired) electrons. The first-order chi connectivity index (χ1) is 9.78. The second-order valence-corrected chi connectivity index (χ2v) is 6.63. The fraction of sp³-hybridized carbons (Fsp3) is 0.533. The maximum atomic E-state index is 5.83. The van der Waals surface area contributed by atoms with Crippen LogP contribution in [-0.4, -0.2) is 15.8 Å². The van der Waals surface area contributed by atoms with Crippen LogP contribution in [0.4, 0.5) is 0 Å². The summed E-state index contributed by atoms with van der Waals surface area (Å²) in [6.07, 6.45) is 9.88. The van der Waals surface area contributed by atoms with Gasteiger partial charge in [0.05, 0.1) is 6.20 Å². The van der Waals surface area contributed by atoms with Crippen molar-refractivity contribution in [2.24, 2.45) is 12.9 Å². The molecule has 3 rings (SSSR count). The van der Waals surface area contributed by atoms with Crippen molar-refractivity contribution in [3.63, 3.8) is 0 Å². The SMILES string of the molecule is Cn1cc(CCC(NN)C2CCCc3sccc32)cn1. The molecule has 2 atom stereocenters. The number of thiophene rings is 1. The van der Waals surface area contributed by atoms with Crippen LogP contribution in [-0.2, 0) is 19.9 Å². The van der Waals surface area contributed by atoms with Crippen molar-refractivity contribution in [2.45, 2.75) is 44.1 Å². The molecule has 0 spiro atoms. The first kappa shape index (κ1) is 13.8. The van der Waals surface area contributed by atoms with Crippen LogP contribution < -0.4 is 11.3 Å². The second-order valence-electron chi connectivity index (χ2n) is 5.63. The molecular formula is C15H22N4S. The lowest BCUT2D eigenvalue weighted by Crippen LogP contribution is -2.41. The molecule has 2 aromatic heterocycles. The Bertz CT molecular complexity index is 560. The van der Waals surface area contributed by atoms with Crippen molar-refractivity contribution in [3.8, 4) is 0 Å². The molecular weight excluding hydrogens is 268 g/mol. The summed E-state index contributed by atoms with van der Waals surface area (Å²) in [5.41, 5.74) is 5.87. The lowest BCUT2D eigenvalue weighted by Gasteiger charge is -2.30. The molecule has 2 aromatic rings. The first-order valence-electron chi connectivity index (χ1n) is 7.28. The number of nitrogens with zero attached hydrogens (tertiary/aromatic N) is 2. The number of hydrogen-bond acceptors (Lipinski definition) is 4. The summed E-state index contributed by atoms with van der Waals surface area (Å²) in [5, 5.41) is 6.45. The van der Waals surface area contributed by atoms with Crippen molar-refractivity contribution < 1.29 is 0 Å². The summed E-state index contributed by atoms with van der Waals surface area (Å²) in [4.78, 5) is 1.56. The Morgan fingerprint density at radius 3 is 3.25 bits per heavy atom. The number of nitrogens with one attached hydrogen (secondary N) is 1. The maximum absolute atomic E-state index is 5.83. The van der Waals surface area contributed by atoms with E-state index in [2.05, 4.69) is 28.2 Å². The number of hydrazine groups is 1. The minimum absolute atomic E-state index is 0.351. The summed E-state index contributed by atoms with van der Waals surface area (Å²) < 4.78 is 1.86. The average Bonchev–Trinajstić information content (AvgIpc) is 3.08. The third kappa shape index (κ3) is 2.80. The molecule has 0 aromatic carbocycles. The van der Waals surface area contributed by atoms with Crippen molar-refractivity contribution >= 4 is 11.3 Å². The summed E-state index contributed by atoms with van der Waals surface area (Å²) in [6, 6.07) is 2.64. The molecule has 0 bridgehead atoms. The monoisotopic (exact) mass is 290 g/mol. The number of nitrogens with two attached hydrogens (primary N) is 1. The lowest BCUT2D eigenvalue weighted by atomic mass is 9.81. The zero-order chi connectivity index (χ0) is 13.9. The van der Waals surface area contributed by atoms with E-state index in [1.54, 1.807) is 4.88 Å². The fourth-order valence-electron chi connectivity index (χ4n) is 3.26. The molecule has 0 amide bonds. The molecule has 2 heterocycles. The standard InChI is InChI=1S/C15H22N4S/c1-19-10-11(9-17-19)5-6-14(18-16)12-3-2-4-15-13(12)7-8-20-15/h7-10,12,14,18H,2-6,16H2,1H3. The molecule has 1 aliphatic carbocycles. The van der Waals surface area contributed by atoms with E-state index in [0.717, 1.165) is 12.8 Å². The van der Waals surface area contributed by atoms with Gasteiger partial charge < -0.3 is 0 Å². The van der Waals surface area contributed by atoms with E-state index in [1.165, 1.54) is 30.4 Å². The van der Waals surface area contributed by atoms with E-state index in [9.17, 15) is 0 Å². The Labute approximate surface area is 124 Å². The third-order valence-corrected chi connectivity index (χ3v) is 5.30. The highest BCUT2D eigenvalue weighted by atomic mass is 32.1. The van der Waals surface area contributed by atoms with Gasteiger partial charge in [-0.25, -0.2) is 0 Å². The minimum atomic E-state index is 0.351. The summed E-state index contributed by atoms with van der Waals surface area (Å²) >= 11 is 1.89. The van der Waals surface area contributed by atoms with Crippen LogP contribution in [0.5, 0.6) is 0 Å². The van der Waals surface area contributed by atoms with Gasteiger partial charge in [0.1, 0.15) is 0 Å². The van der Waals surface area contributed by atoms with Gasteiger partial charge in [-0.1, -0.05) is 0 Å². The topological polar surface area (TPSA) is 55.9 Å². The van der Waals surface area contributed by atoms with Crippen molar-refractivity contribution in [1.82, 2.24) is 15.2 Å². The van der Waals surface area contributed by atoms with Crippen LogP contribution in [0, 0.1) is 0 Å². The molecule has 5 heteroatoms. The van der Waals surface area contributed by atoms with Gasteiger partial charge in [-0.05, 0) is 54.7 Å². The van der Waals surface area contributed by atoms with Crippen LogP contribution in [0.1, 0.15) is 41.2 Å². The number of aromatic nitrogens is 2. The lowest BCUT2D eigenvalue weighted by molar-refractivity contribution is 0.380. The smallest absolute Gasteiger partial charge is 0.0521 e. The van der Waals surface area contributed by atoms with Gasteiger partial charge in [0, 0.05) is 30.1 Å². The van der Waals surface area contributed by atoms with E-state index in [0.29, 0.717) is 12.0 Å². The number of fused-ring (bicyclic) bond motifs is 1. The Morgan fingerprint density at radius 1 is 1.60 bits per heavy atom. The van der Waals surface area contributed by atoms with Crippen molar-refractivity contribution in [1.29, 1.82) is 0 Å². The summed E-state index contributed by atoms with van der Waals surface area (Å²) in [5.74, 6) is 6.39. The summed E-state index contributed by atoms with van der Waals surface area (Å²) in [7, 11) is 1.96. The first-order valence-corrected chi connectivity index (χ1v) is 8.16. The van der Waals surface area contributed by atoms with Crippen LogP contribution in [0.3, 0.4) is 0 Å². The highest BCUT2D eigenvalue weighted by Crippen LogP contribution is 2.37. The molecule has 0 saturated carbocycles. The van der Waals surface area contributed by atoms with E-state index in [-0.39, 0.29) is 0 Å². The van der Waals surface area contributed by atoms with E-state index in [4.69, 9.17) is 5.84 Å². The van der Waals surface area contributed by atoms with E-state index < -0.39 is 0 Å². The minimum Gasteiger partial charge on any atom is -0.276 e. The molecule has 2 unspecified atom stereocenters. The molecule has 1 aliphatic rings. The van der Waals surface area contributed by atoms with Gasteiger partial charge in [-0.3, -0.25) is 16.0 Å². The van der Waals surface area contributed by atoms with Gasteiger partial charge in [0.25, 0.3) is 0 Å². The Morgan fingerprint density at radius 2 is 2.50 bits per heavy atom. The highest BCUT2D eigenvalue weighted by molar-refractivity contribution is 7.10. The molecule has 0 aliphatic heterocycles. The van der Waals surface area contributed by atoms with Gasteiger partial charge in [0.2, 0.25) is 0 Å². The van der Waals surface area contributed by atoms with E-state index in [1.807, 2.05) is 29.3 Å². The predicted octanol–water partition coefficient (Wildman–Crippen LogP) is 2.37. The van der Waals surface area contributed by atoms with Crippen molar-refractivity contribution in [3.05, 3.63) is 39.8 Å². The normalized spacial score (nSPS) is 19.8. The molecule has 20 heavy (non-hydrogen) atoms. The van der Waals surface area contributed by atoms with Gasteiger partial charge >= 0.3 is 0 Å². The van der Waals surface area contributed by atoms with Gasteiger partial charge in [-0.2, -0.15) is 5.10 Å². The number of rotatable bonds is 5. The Balaban J connectivity index is 1.68. The quantitative estimate of drug-likeness (QED) is 0.656. The zero-order valence-corrected chi connectivity index (χ0v) is 12.7. The van der Waals surface area contributed by atoms with E-state index >= 15 is 0 Å². The molecule has 4 nitrogen and oxygen atoms in total. The van der Waals surface area contributed by atoms with Crippen LogP contribution in [0.15, 0.2) is 23.8 Å². The molecule has 3 N–H and O–H groups in total. The van der Waals surface area contributed by atoms with Crippen LogP contribution in [0.25, 0.3) is 0 Å². The Hall–Kier alpha value is -1.17. The zero-order valence-electron chi connectivity index (χ0n) is 11.9. The molecule has 0 fully saturated rings. The fourth-order valence-corrected chi connectivity index (χ4v) is 4.26. The highest BCUT2D eigenvalue weighted by Gasteiger charge is 2.27.